The van der Waals surface area contributed by atoms with E-state index in [2.05, 4.69) is 12.2 Å². The normalized spacial score (nSPS) is 14.0. The summed E-state index contributed by atoms with van der Waals surface area (Å²) in [5, 5.41) is 2.84. The zero-order chi connectivity index (χ0) is 16.9. The maximum absolute atomic E-state index is 12.0. The van der Waals surface area contributed by atoms with Gasteiger partial charge in [0.15, 0.2) is 0 Å². The standard InChI is InChI=1S/C19H20N2O3/c1-2-11-21-17-8-6-15(13-14(17)5-10-19(21)23)20-18(22)9-7-16-4-3-12-24-16/h3-4,6-9,12-13H,2,5,10-11H2,1H3,(H,20,22). The summed E-state index contributed by atoms with van der Waals surface area (Å²) in [7, 11) is 0. The Labute approximate surface area is 141 Å². The van der Waals surface area contributed by atoms with Crippen LogP contribution in [0.1, 0.15) is 31.1 Å². The molecule has 0 aliphatic carbocycles. The monoisotopic (exact) mass is 324 g/mol. The molecule has 5 nitrogen and oxygen atoms in total. The van der Waals surface area contributed by atoms with Crippen molar-refractivity contribution in [1.29, 1.82) is 0 Å². The van der Waals surface area contributed by atoms with Gasteiger partial charge < -0.3 is 14.6 Å². The second-order valence-electron chi connectivity index (χ2n) is 5.73. The Morgan fingerprint density at radius 3 is 2.96 bits per heavy atom. The van der Waals surface area contributed by atoms with Crippen molar-refractivity contribution in [2.75, 3.05) is 16.8 Å². The summed E-state index contributed by atoms with van der Waals surface area (Å²) < 4.78 is 5.15. The van der Waals surface area contributed by atoms with Crippen LogP contribution in [0.25, 0.3) is 6.08 Å². The number of nitrogens with one attached hydrogen (secondary N) is 1. The second kappa shape index (κ2) is 7.17. The molecule has 0 bridgehead atoms. The summed E-state index contributed by atoms with van der Waals surface area (Å²) in [6.45, 7) is 2.78. The average Bonchev–Trinajstić information content (AvgIpc) is 3.09. The largest absolute Gasteiger partial charge is 0.465 e. The molecule has 2 heterocycles. The number of anilines is 2. The number of hydrogen-bond donors (Lipinski definition) is 1. The first-order valence-corrected chi connectivity index (χ1v) is 8.13. The molecule has 1 aromatic heterocycles. The molecule has 0 saturated heterocycles. The first-order chi connectivity index (χ1) is 11.7. The molecule has 1 N–H and O–H groups in total. The fourth-order valence-corrected chi connectivity index (χ4v) is 2.83. The number of rotatable bonds is 5. The summed E-state index contributed by atoms with van der Waals surface area (Å²) in [6, 6.07) is 9.24. The molecule has 1 aliphatic heterocycles. The molecule has 3 rings (SSSR count). The van der Waals surface area contributed by atoms with Crippen LogP contribution in [0.4, 0.5) is 11.4 Å². The lowest BCUT2D eigenvalue weighted by molar-refractivity contribution is -0.119. The smallest absolute Gasteiger partial charge is 0.248 e. The maximum Gasteiger partial charge on any atom is 0.248 e. The Morgan fingerprint density at radius 1 is 1.33 bits per heavy atom. The lowest BCUT2D eigenvalue weighted by Gasteiger charge is -2.29. The van der Waals surface area contributed by atoms with Gasteiger partial charge in [0.1, 0.15) is 5.76 Å². The molecule has 0 saturated carbocycles. The molecule has 24 heavy (non-hydrogen) atoms. The molecule has 2 amide bonds. The molecule has 0 unspecified atom stereocenters. The molecule has 1 aliphatic rings. The van der Waals surface area contributed by atoms with Crippen LogP contribution in [0.15, 0.2) is 47.1 Å². The van der Waals surface area contributed by atoms with E-state index in [1.165, 1.54) is 6.08 Å². The second-order valence-corrected chi connectivity index (χ2v) is 5.73. The van der Waals surface area contributed by atoms with Crippen LogP contribution in [-0.2, 0) is 16.0 Å². The number of benzene rings is 1. The molecule has 0 fully saturated rings. The SMILES string of the molecule is CCCN1C(=O)CCc2cc(NC(=O)C=Cc3ccco3)ccc21. The van der Waals surface area contributed by atoms with E-state index in [9.17, 15) is 9.59 Å². The maximum atomic E-state index is 12.0. The summed E-state index contributed by atoms with van der Waals surface area (Å²) >= 11 is 0. The van der Waals surface area contributed by atoms with E-state index >= 15 is 0 Å². The van der Waals surface area contributed by atoms with Crippen LogP contribution >= 0.6 is 0 Å². The van der Waals surface area contributed by atoms with Crippen LogP contribution in [0, 0.1) is 0 Å². The Hall–Kier alpha value is -2.82. The van der Waals surface area contributed by atoms with Crippen LogP contribution in [0.2, 0.25) is 0 Å². The van der Waals surface area contributed by atoms with E-state index in [-0.39, 0.29) is 11.8 Å². The van der Waals surface area contributed by atoms with Crippen LogP contribution in [-0.4, -0.2) is 18.4 Å². The number of hydrogen-bond acceptors (Lipinski definition) is 3. The van der Waals surface area contributed by atoms with E-state index in [4.69, 9.17) is 4.42 Å². The molecule has 0 atom stereocenters. The summed E-state index contributed by atoms with van der Waals surface area (Å²) in [6.07, 6.45) is 6.76. The summed E-state index contributed by atoms with van der Waals surface area (Å²) in [5.74, 6) is 0.579. The third-order valence-corrected chi connectivity index (χ3v) is 3.94. The van der Waals surface area contributed by atoms with Crippen molar-refractivity contribution in [2.45, 2.75) is 26.2 Å². The highest BCUT2D eigenvalue weighted by Gasteiger charge is 2.23. The lowest BCUT2D eigenvalue weighted by Crippen LogP contribution is -2.35. The number of carbonyl (C=O) groups excluding carboxylic acids is 2. The lowest BCUT2D eigenvalue weighted by atomic mass is 10.00. The number of furan rings is 1. The highest BCUT2D eigenvalue weighted by molar-refractivity contribution is 6.02. The predicted molar refractivity (Wildman–Crippen MR) is 93.8 cm³/mol. The minimum atomic E-state index is -0.219. The van der Waals surface area contributed by atoms with Gasteiger partial charge in [0.2, 0.25) is 11.8 Å². The van der Waals surface area contributed by atoms with Gasteiger partial charge in [-0.25, -0.2) is 0 Å². The van der Waals surface area contributed by atoms with Crippen molar-refractivity contribution in [3.63, 3.8) is 0 Å². The number of aryl methyl sites for hydroxylation is 1. The van der Waals surface area contributed by atoms with E-state index in [0.717, 1.165) is 29.9 Å². The van der Waals surface area contributed by atoms with Gasteiger partial charge in [0, 0.05) is 30.4 Å². The van der Waals surface area contributed by atoms with Gasteiger partial charge in [0.25, 0.3) is 0 Å². The molecule has 0 radical (unpaired) electrons. The van der Waals surface area contributed by atoms with Crippen LogP contribution in [0.3, 0.4) is 0 Å². The molecule has 124 valence electrons. The van der Waals surface area contributed by atoms with Gasteiger partial charge in [-0.3, -0.25) is 9.59 Å². The van der Waals surface area contributed by atoms with Gasteiger partial charge >= 0.3 is 0 Å². The fourth-order valence-electron chi connectivity index (χ4n) is 2.83. The van der Waals surface area contributed by atoms with E-state index in [1.54, 1.807) is 24.5 Å². The summed E-state index contributed by atoms with van der Waals surface area (Å²) in [4.78, 5) is 25.9. The van der Waals surface area contributed by atoms with Crippen molar-refractivity contribution in [1.82, 2.24) is 0 Å². The van der Waals surface area contributed by atoms with Crippen molar-refractivity contribution >= 4 is 29.3 Å². The van der Waals surface area contributed by atoms with Crippen molar-refractivity contribution in [2.24, 2.45) is 0 Å². The predicted octanol–water partition coefficient (Wildman–Crippen LogP) is 3.62. The van der Waals surface area contributed by atoms with Gasteiger partial charge in [-0.05, 0) is 54.8 Å². The van der Waals surface area contributed by atoms with Gasteiger partial charge in [-0.2, -0.15) is 0 Å². The molecule has 2 aromatic rings. The van der Waals surface area contributed by atoms with Crippen LogP contribution in [0.5, 0.6) is 0 Å². The minimum Gasteiger partial charge on any atom is -0.465 e. The molecule has 0 spiro atoms. The number of fused-ring (bicyclic) bond motifs is 1. The Bertz CT molecular complexity index is 763. The first-order valence-electron chi connectivity index (χ1n) is 8.13. The number of nitrogens with zero attached hydrogens (tertiary/aromatic N) is 1. The van der Waals surface area contributed by atoms with Gasteiger partial charge in [-0.15, -0.1) is 0 Å². The third kappa shape index (κ3) is 3.56. The fraction of sp³-hybridized carbons (Fsp3) is 0.263. The van der Waals surface area contributed by atoms with Gasteiger partial charge in [-0.1, -0.05) is 6.92 Å². The quantitative estimate of drug-likeness (QED) is 0.854. The zero-order valence-corrected chi connectivity index (χ0v) is 13.6. The third-order valence-electron chi connectivity index (χ3n) is 3.94. The number of amides is 2. The molecular formula is C19H20N2O3. The Balaban J connectivity index is 1.72. The molecule has 1 aromatic carbocycles. The van der Waals surface area contributed by atoms with Gasteiger partial charge in [0.05, 0.1) is 6.26 Å². The van der Waals surface area contributed by atoms with Crippen molar-refractivity contribution in [3.05, 3.63) is 54.0 Å². The average molecular weight is 324 g/mol. The van der Waals surface area contributed by atoms with Crippen molar-refractivity contribution < 1.29 is 14.0 Å². The molecular weight excluding hydrogens is 304 g/mol. The first kappa shape index (κ1) is 16.1. The highest BCUT2D eigenvalue weighted by atomic mass is 16.3. The van der Waals surface area contributed by atoms with E-state index in [0.29, 0.717) is 18.6 Å². The van der Waals surface area contributed by atoms with Crippen molar-refractivity contribution in [3.8, 4) is 0 Å². The zero-order valence-electron chi connectivity index (χ0n) is 13.6. The van der Waals surface area contributed by atoms with Crippen LogP contribution < -0.4 is 10.2 Å². The number of carbonyl (C=O) groups is 2. The topological polar surface area (TPSA) is 62.6 Å². The van der Waals surface area contributed by atoms with E-state index in [1.807, 2.05) is 23.1 Å². The minimum absolute atomic E-state index is 0.169. The van der Waals surface area contributed by atoms with E-state index < -0.39 is 0 Å². The Morgan fingerprint density at radius 2 is 2.21 bits per heavy atom. The Kier molecular flexibility index (Phi) is 4.79. The highest BCUT2D eigenvalue weighted by Crippen LogP contribution is 2.30. The summed E-state index contributed by atoms with van der Waals surface area (Å²) in [5.41, 5.74) is 2.78. The molecule has 5 heteroatoms.